The number of sulfonamides is 1. The predicted octanol–water partition coefficient (Wildman–Crippen LogP) is 5.78. The fourth-order valence-corrected chi connectivity index (χ4v) is 6.85. The Morgan fingerprint density at radius 2 is 1.53 bits per heavy atom. The fourth-order valence-electron chi connectivity index (χ4n) is 4.23. The number of nitrogens with zero attached hydrogens (tertiary/aromatic N) is 3. The number of aromatic nitrogens is 1. The third-order valence-electron chi connectivity index (χ3n) is 6.03. The van der Waals surface area contributed by atoms with Gasteiger partial charge in [-0.1, -0.05) is 25.0 Å². The van der Waals surface area contributed by atoms with Gasteiger partial charge in [0.1, 0.15) is 5.75 Å². The molecule has 0 radical (unpaired) electrons. The van der Waals surface area contributed by atoms with Crippen molar-refractivity contribution in [3.63, 3.8) is 0 Å². The van der Waals surface area contributed by atoms with Gasteiger partial charge in [0.2, 0.25) is 10.0 Å². The number of methoxy groups -OCH3 is 1. The third kappa shape index (κ3) is 5.29. The van der Waals surface area contributed by atoms with E-state index in [1.807, 2.05) is 36.4 Å². The highest BCUT2D eigenvalue weighted by Gasteiger charge is 2.26. The van der Waals surface area contributed by atoms with Gasteiger partial charge in [0.25, 0.3) is 0 Å². The molecule has 0 bridgehead atoms. The minimum atomic E-state index is -3.46. The summed E-state index contributed by atoms with van der Waals surface area (Å²) in [6.45, 7) is 7.65. The lowest BCUT2D eigenvalue weighted by molar-refractivity contribution is 0.392. The van der Waals surface area contributed by atoms with E-state index in [-0.39, 0.29) is 5.54 Å². The van der Waals surface area contributed by atoms with Crippen LogP contribution in [0.2, 0.25) is 0 Å². The van der Waals surface area contributed by atoms with Crippen LogP contribution < -0.4 is 9.54 Å². The average molecular weight is 500 g/mol. The van der Waals surface area contributed by atoms with Gasteiger partial charge in [0.05, 0.1) is 23.4 Å². The number of hydrogen-bond acceptors (Lipinski definition) is 5. The second-order valence-corrected chi connectivity index (χ2v) is 12.3. The van der Waals surface area contributed by atoms with E-state index >= 15 is 0 Å². The molecule has 0 spiro atoms. The van der Waals surface area contributed by atoms with Crippen molar-refractivity contribution in [2.24, 2.45) is 4.99 Å². The van der Waals surface area contributed by atoms with Crippen molar-refractivity contribution in [2.75, 3.05) is 20.2 Å². The first-order valence-electron chi connectivity index (χ1n) is 11.7. The molecule has 34 heavy (non-hydrogen) atoms. The molecule has 0 aliphatic carbocycles. The largest absolute Gasteiger partial charge is 0.497 e. The molecule has 6 nitrogen and oxygen atoms in total. The molecule has 1 aromatic heterocycles. The second kappa shape index (κ2) is 10.1. The maximum atomic E-state index is 13.2. The Morgan fingerprint density at radius 1 is 0.912 bits per heavy atom. The first-order chi connectivity index (χ1) is 16.2. The molecule has 8 heteroatoms. The van der Waals surface area contributed by atoms with E-state index in [1.54, 1.807) is 34.9 Å². The maximum Gasteiger partial charge on any atom is 0.243 e. The van der Waals surface area contributed by atoms with Crippen molar-refractivity contribution in [1.82, 2.24) is 8.87 Å². The van der Waals surface area contributed by atoms with Crippen LogP contribution in [0.1, 0.15) is 46.5 Å². The average Bonchev–Trinajstić information content (AvgIpc) is 3.04. The molecular formula is C26H33N3O3S2. The van der Waals surface area contributed by atoms with Gasteiger partial charge in [-0.15, -0.1) is 11.3 Å². The first-order valence-corrected chi connectivity index (χ1v) is 14.0. The van der Waals surface area contributed by atoms with E-state index in [9.17, 15) is 8.42 Å². The molecule has 1 aliphatic rings. The smallest absolute Gasteiger partial charge is 0.243 e. The molecule has 1 aliphatic heterocycles. The van der Waals surface area contributed by atoms with E-state index < -0.39 is 10.0 Å². The Hall–Kier alpha value is -2.42. The highest BCUT2D eigenvalue weighted by Crippen LogP contribution is 2.29. The Labute approximate surface area is 206 Å². The summed E-state index contributed by atoms with van der Waals surface area (Å²) in [5, 5.41) is 2.09. The van der Waals surface area contributed by atoms with Gasteiger partial charge in [-0.25, -0.2) is 13.4 Å². The van der Waals surface area contributed by atoms with Crippen LogP contribution in [0.3, 0.4) is 0 Å². The zero-order valence-corrected chi connectivity index (χ0v) is 22.0. The summed E-state index contributed by atoms with van der Waals surface area (Å²) in [5.74, 6) is 0.796. The lowest BCUT2D eigenvalue weighted by Gasteiger charge is -2.24. The molecule has 0 N–H and O–H groups in total. The molecule has 2 heterocycles. The first kappa shape index (κ1) is 24.7. The third-order valence-corrected chi connectivity index (χ3v) is 8.77. The van der Waals surface area contributed by atoms with E-state index in [1.165, 1.54) is 0 Å². The van der Waals surface area contributed by atoms with Crippen LogP contribution >= 0.6 is 11.3 Å². The quantitative estimate of drug-likeness (QED) is 0.447. The highest BCUT2D eigenvalue weighted by molar-refractivity contribution is 7.89. The van der Waals surface area contributed by atoms with Crippen LogP contribution in [0.5, 0.6) is 5.75 Å². The summed E-state index contributed by atoms with van der Waals surface area (Å²) in [5.41, 5.74) is 2.63. The van der Waals surface area contributed by atoms with Crippen LogP contribution in [-0.4, -0.2) is 37.5 Å². The van der Waals surface area contributed by atoms with Crippen LogP contribution in [0.25, 0.3) is 11.3 Å². The summed E-state index contributed by atoms with van der Waals surface area (Å²) in [4.78, 5) is 6.12. The Balaban J connectivity index is 1.70. The van der Waals surface area contributed by atoms with Crippen molar-refractivity contribution in [1.29, 1.82) is 0 Å². The molecule has 0 saturated carbocycles. The van der Waals surface area contributed by atoms with Crippen molar-refractivity contribution in [3.8, 4) is 17.0 Å². The number of thiazole rings is 1. The second-order valence-electron chi connectivity index (χ2n) is 9.56. The minimum Gasteiger partial charge on any atom is -0.497 e. The molecule has 2 aromatic carbocycles. The standard InChI is InChI=1S/C26H33N3O3S2/c1-26(2,3)29-24(19-33-25(29)27-21-11-13-22(32-4)14-12-21)20-9-15-23(16-10-20)34(30,31)28-17-7-5-6-8-18-28/h9-16,19H,5-8,17-18H2,1-4H3. The molecule has 0 atom stereocenters. The lowest BCUT2D eigenvalue weighted by atomic mass is 10.1. The zero-order chi connectivity index (χ0) is 24.3. The number of benzene rings is 2. The van der Waals surface area contributed by atoms with E-state index in [4.69, 9.17) is 9.73 Å². The van der Waals surface area contributed by atoms with E-state index in [0.717, 1.165) is 53.2 Å². The Kier molecular flexibility index (Phi) is 7.31. The summed E-state index contributed by atoms with van der Waals surface area (Å²) in [7, 11) is -1.82. The molecule has 0 amide bonds. The monoisotopic (exact) mass is 499 g/mol. The minimum absolute atomic E-state index is 0.211. The SMILES string of the molecule is COc1ccc(N=c2scc(-c3ccc(S(=O)(=O)N4CCCCCC4)cc3)n2C(C)(C)C)cc1. The van der Waals surface area contributed by atoms with Gasteiger partial charge in [0.15, 0.2) is 4.80 Å². The van der Waals surface area contributed by atoms with E-state index in [2.05, 4.69) is 30.7 Å². The molecule has 3 aromatic rings. The van der Waals surface area contributed by atoms with Crippen LogP contribution in [-0.2, 0) is 15.6 Å². The van der Waals surface area contributed by atoms with Crippen LogP contribution in [0.4, 0.5) is 5.69 Å². The maximum absolute atomic E-state index is 13.2. The van der Waals surface area contributed by atoms with Gasteiger partial charge >= 0.3 is 0 Å². The van der Waals surface area contributed by atoms with Crippen molar-refractivity contribution < 1.29 is 13.2 Å². The van der Waals surface area contributed by atoms with Crippen molar-refractivity contribution >= 4 is 27.0 Å². The topological polar surface area (TPSA) is 63.9 Å². The number of rotatable bonds is 5. The van der Waals surface area contributed by atoms with Crippen molar-refractivity contribution in [2.45, 2.75) is 56.9 Å². The summed E-state index contributed by atoms with van der Waals surface area (Å²) < 4.78 is 35.4. The summed E-state index contributed by atoms with van der Waals surface area (Å²) in [6.07, 6.45) is 4.05. The molecule has 1 fully saturated rings. The molecule has 4 rings (SSSR count). The zero-order valence-electron chi connectivity index (χ0n) is 20.3. The normalized spacial score (nSPS) is 16.4. The fraction of sp³-hybridized carbons (Fsp3) is 0.423. The molecule has 182 valence electrons. The number of hydrogen-bond donors (Lipinski definition) is 0. The van der Waals surface area contributed by atoms with Crippen LogP contribution in [0.15, 0.2) is 63.8 Å². The van der Waals surface area contributed by atoms with Gasteiger partial charge in [-0.05, 0) is 75.6 Å². The Morgan fingerprint density at radius 3 is 2.09 bits per heavy atom. The summed E-state index contributed by atoms with van der Waals surface area (Å²) in [6, 6.07) is 15.0. The van der Waals surface area contributed by atoms with Crippen molar-refractivity contribution in [3.05, 3.63) is 58.7 Å². The predicted molar refractivity (Wildman–Crippen MR) is 138 cm³/mol. The van der Waals surface area contributed by atoms with Gasteiger partial charge in [0, 0.05) is 24.0 Å². The highest BCUT2D eigenvalue weighted by atomic mass is 32.2. The number of ether oxygens (including phenoxy) is 1. The molecule has 1 saturated heterocycles. The van der Waals surface area contributed by atoms with Gasteiger partial charge < -0.3 is 9.30 Å². The van der Waals surface area contributed by atoms with Crippen LogP contribution in [0, 0.1) is 0 Å². The molecule has 0 unspecified atom stereocenters. The van der Waals surface area contributed by atoms with E-state index in [0.29, 0.717) is 18.0 Å². The van der Waals surface area contributed by atoms with Gasteiger partial charge in [-0.3, -0.25) is 0 Å². The molecular weight excluding hydrogens is 466 g/mol. The van der Waals surface area contributed by atoms with Gasteiger partial charge in [-0.2, -0.15) is 4.31 Å². The lowest BCUT2D eigenvalue weighted by Crippen LogP contribution is -2.32. The Bertz CT molecular complexity index is 1270. The summed E-state index contributed by atoms with van der Waals surface area (Å²) >= 11 is 1.58.